The van der Waals surface area contributed by atoms with Crippen LogP contribution in [0.25, 0.3) is 10.8 Å². The first kappa shape index (κ1) is 15.6. The minimum Gasteiger partial charge on any atom is -0.284 e. The minimum atomic E-state index is -0.452. The number of benzene rings is 3. The van der Waals surface area contributed by atoms with Crippen molar-refractivity contribution in [2.45, 2.75) is 18.3 Å². The second kappa shape index (κ2) is 6.20. The Morgan fingerprint density at radius 3 is 2.33 bits per heavy atom. The molecule has 24 heavy (non-hydrogen) atoms. The lowest BCUT2D eigenvalue weighted by Crippen LogP contribution is -2.36. The molecule has 1 heterocycles. The highest BCUT2D eigenvalue weighted by Gasteiger charge is 2.47. The fraction of sp³-hybridized carbons (Fsp3) is 0.190. The number of carbonyl (C=O) groups is 1. The predicted molar refractivity (Wildman–Crippen MR) is 106 cm³/mol. The third kappa shape index (κ3) is 2.61. The Bertz CT molecular complexity index is 892. The first-order chi connectivity index (χ1) is 11.7. The molecule has 1 atom stereocenters. The molecule has 3 heteroatoms. The normalized spacial score (nSPS) is 20.7. The van der Waals surface area contributed by atoms with E-state index in [1.54, 1.807) is 0 Å². The van der Waals surface area contributed by atoms with E-state index < -0.39 is 5.41 Å². The van der Waals surface area contributed by atoms with Gasteiger partial charge in [0.25, 0.3) is 0 Å². The van der Waals surface area contributed by atoms with Crippen LogP contribution in [0.3, 0.4) is 0 Å². The molecule has 2 nitrogen and oxygen atoms in total. The third-order valence-electron chi connectivity index (χ3n) is 5.02. The summed E-state index contributed by atoms with van der Waals surface area (Å²) in [5.41, 5.74) is 1.90. The van der Waals surface area contributed by atoms with E-state index in [1.165, 1.54) is 16.3 Å². The van der Waals surface area contributed by atoms with Crippen LogP contribution in [0.1, 0.15) is 17.5 Å². The number of amides is 1. The van der Waals surface area contributed by atoms with Gasteiger partial charge in [-0.25, -0.2) is 0 Å². The highest BCUT2D eigenvalue weighted by atomic mass is 127. The van der Waals surface area contributed by atoms with Crippen molar-refractivity contribution < 1.29 is 4.79 Å². The molecular formula is C21H18INO. The summed E-state index contributed by atoms with van der Waals surface area (Å²) in [6.07, 6.45) is 1.62. The van der Waals surface area contributed by atoms with Gasteiger partial charge in [0.05, 0.1) is 28.3 Å². The number of halogens is 1. The largest absolute Gasteiger partial charge is 0.284 e. The second-order valence-electron chi connectivity index (χ2n) is 6.45. The molecule has 4 rings (SSSR count). The molecule has 0 unspecified atom stereocenters. The number of rotatable bonds is 3. The highest BCUT2D eigenvalue weighted by Crippen LogP contribution is 2.41. The minimum absolute atomic E-state index is 0.224. The lowest BCUT2D eigenvalue weighted by molar-refractivity contribution is -0.127. The fourth-order valence-electron chi connectivity index (χ4n) is 3.69. The Labute approximate surface area is 156 Å². The Balaban J connectivity index is 1.84. The first-order valence-electron chi connectivity index (χ1n) is 8.20. The van der Waals surface area contributed by atoms with Crippen LogP contribution in [-0.2, 0) is 16.6 Å². The molecular weight excluding hydrogens is 409 g/mol. The van der Waals surface area contributed by atoms with E-state index in [0.29, 0.717) is 0 Å². The zero-order valence-electron chi connectivity index (χ0n) is 13.3. The van der Waals surface area contributed by atoms with Gasteiger partial charge in [0, 0.05) is 6.54 Å². The summed E-state index contributed by atoms with van der Waals surface area (Å²) in [7, 11) is 0. The van der Waals surface area contributed by atoms with Crippen molar-refractivity contribution >= 4 is 39.5 Å². The van der Waals surface area contributed by atoms with Gasteiger partial charge in [-0.05, 0) is 34.7 Å². The average Bonchev–Trinajstić information content (AvgIpc) is 2.92. The summed E-state index contributed by atoms with van der Waals surface area (Å²) in [5.74, 6) is 0.224. The van der Waals surface area contributed by atoms with Gasteiger partial charge in [0.15, 0.2) is 0 Å². The number of nitrogens with zero attached hydrogens (tertiary/aromatic N) is 1. The summed E-state index contributed by atoms with van der Waals surface area (Å²) in [4.78, 5) is 13.1. The van der Waals surface area contributed by atoms with Crippen LogP contribution < -0.4 is 0 Å². The van der Waals surface area contributed by atoms with Crippen LogP contribution >= 0.6 is 22.9 Å². The van der Waals surface area contributed by atoms with Crippen molar-refractivity contribution in [3.8, 4) is 0 Å². The van der Waals surface area contributed by atoms with Gasteiger partial charge in [0.1, 0.15) is 0 Å². The summed E-state index contributed by atoms with van der Waals surface area (Å²) in [6.45, 7) is 0.805. The standard InChI is InChI=1S/C21H18INO/c22-23-13-12-21(20(23)24,15-16-6-2-1-3-7-16)19-11-10-17-8-4-5-9-18(17)14-19/h1-11,14H,12-13,15H2/t21-/m1/s1. The summed E-state index contributed by atoms with van der Waals surface area (Å²) >= 11 is 2.15. The number of hydrogen-bond acceptors (Lipinski definition) is 1. The van der Waals surface area contributed by atoms with Crippen molar-refractivity contribution in [2.24, 2.45) is 0 Å². The molecule has 1 aliphatic rings. The van der Waals surface area contributed by atoms with Gasteiger partial charge in [0.2, 0.25) is 5.91 Å². The highest BCUT2D eigenvalue weighted by molar-refractivity contribution is 14.1. The fourth-order valence-corrected chi connectivity index (χ4v) is 4.40. The SMILES string of the molecule is O=C1N(I)CC[C@@]1(Cc1ccccc1)c1ccc2ccccc2c1. The summed E-state index contributed by atoms with van der Waals surface area (Å²) < 4.78 is 1.84. The lowest BCUT2D eigenvalue weighted by Gasteiger charge is -2.28. The Morgan fingerprint density at radius 1 is 0.917 bits per heavy atom. The van der Waals surface area contributed by atoms with Gasteiger partial charge in [-0.3, -0.25) is 7.91 Å². The molecule has 0 aromatic heterocycles. The van der Waals surface area contributed by atoms with E-state index in [1.807, 2.05) is 21.3 Å². The molecule has 0 radical (unpaired) electrons. The molecule has 0 bridgehead atoms. The second-order valence-corrected chi connectivity index (χ2v) is 7.61. The van der Waals surface area contributed by atoms with Crippen molar-refractivity contribution in [1.29, 1.82) is 0 Å². The maximum atomic E-state index is 13.1. The smallest absolute Gasteiger partial charge is 0.242 e. The molecule has 0 N–H and O–H groups in total. The molecule has 0 aliphatic carbocycles. The van der Waals surface area contributed by atoms with Crippen LogP contribution in [-0.4, -0.2) is 15.6 Å². The van der Waals surface area contributed by atoms with E-state index in [2.05, 4.69) is 77.5 Å². The van der Waals surface area contributed by atoms with Crippen molar-refractivity contribution in [2.75, 3.05) is 6.54 Å². The molecule has 0 saturated carbocycles. The Hall–Kier alpha value is -1.88. The van der Waals surface area contributed by atoms with Gasteiger partial charge < -0.3 is 0 Å². The van der Waals surface area contributed by atoms with Gasteiger partial charge >= 0.3 is 0 Å². The molecule has 1 amide bonds. The lowest BCUT2D eigenvalue weighted by atomic mass is 9.74. The van der Waals surface area contributed by atoms with Crippen LogP contribution in [0.2, 0.25) is 0 Å². The molecule has 1 fully saturated rings. The van der Waals surface area contributed by atoms with Crippen LogP contribution in [0, 0.1) is 0 Å². The van der Waals surface area contributed by atoms with Crippen LogP contribution in [0.15, 0.2) is 72.8 Å². The molecule has 1 saturated heterocycles. The Kier molecular flexibility index (Phi) is 4.04. The maximum absolute atomic E-state index is 13.1. The van der Waals surface area contributed by atoms with Crippen LogP contribution in [0.5, 0.6) is 0 Å². The van der Waals surface area contributed by atoms with Crippen molar-refractivity contribution in [1.82, 2.24) is 3.11 Å². The van der Waals surface area contributed by atoms with E-state index in [4.69, 9.17) is 0 Å². The third-order valence-corrected chi connectivity index (χ3v) is 5.94. The first-order valence-corrected chi connectivity index (χ1v) is 9.16. The summed E-state index contributed by atoms with van der Waals surface area (Å²) in [5, 5.41) is 2.41. The van der Waals surface area contributed by atoms with E-state index in [-0.39, 0.29) is 5.91 Å². The average molecular weight is 427 g/mol. The van der Waals surface area contributed by atoms with E-state index in [0.717, 1.165) is 24.9 Å². The quantitative estimate of drug-likeness (QED) is 0.430. The predicted octanol–water partition coefficient (Wildman–Crippen LogP) is 4.90. The van der Waals surface area contributed by atoms with Crippen molar-refractivity contribution in [3.63, 3.8) is 0 Å². The zero-order chi connectivity index (χ0) is 16.6. The van der Waals surface area contributed by atoms with Crippen molar-refractivity contribution in [3.05, 3.63) is 83.9 Å². The number of hydrogen-bond donors (Lipinski definition) is 0. The molecule has 3 aromatic rings. The number of carbonyl (C=O) groups excluding carboxylic acids is 1. The van der Waals surface area contributed by atoms with Gasteiger partial charge in [-0.1, -0.05) is 72.8 Å². The van der Waals surface area contributed by atoms with E-state index in [9.17, 15) is 4.79 Å². The Morgan fingerprint density at radius 2 is 1.62 bits per heavy atom. The molecule has 1 aliphatic heterocycles. The topological polar surface area (TPSA) is 20.3 Å². The van der Waals surface area contributed by atoms with E-state index >= 15 is 0 Å². The monoisotopic (exact) mass is 427 g/mol. The molecule has 0 spiro atoms. The maximum Gasteiger partial charge on any atom is 0.242 e. The van der Waals surface area contributed by atoms with Crippen LogP contribution in [0.4, 0.5) is 0 Å². The number of fused-ring (bicyclic) bond motifs is 1. The van der Waals surface area contributed by atoms with Gasteiger partial charge in [-0.2, -0.15) is 0 Å². The summed E-state index contributed by atoms with van der Waals surface area (Å²) in [6, 6.07) is 25.2. The van der Waals surface area contributed by atoms with Gasteiger partial charge in [-0.15, -0.1) is 0 Å². The molecule has 120 valence electrons. The zero-order valence-corrected chi connectivity index (χ0v) is 15.4. The molecule has 3 aromatic carbocycles.